The molecular formula is C13H12O3. The lowest BCUT2D eigenvalue weighted by Gasteiger charge is -2.18. The van der Waals surface area contributed by atoms with Crippen molar-refractivity contribution in [3.8, 4) is 5.75 Å². The molecule has 0 heterocycles. The van der Waals surface area contributed by atoms with Crippen molar-refractivity contribution in [2.75, 3.05) is 7.11 Å². The van der Waals surface area contributed by atoms with E-state index in [1.54, 1.807) is 32.0 Å². The van der Waals surface area contributed by atoms with Gasteiger partial charge in [-0.25, -0.2) is 0 Å². The molecular weight excluding hydrogens is 204 g/mol. The van der Waals surface area contributed by atoms with Crippen molar-refractivity contribution in [3.05, 3.63) is 40.5 Å². The van der Waals surface area contributed by atoms with E-state index in [0.717, 1.165) is 0 Å². The average molecular weight is 216 g/mol. The van der Waals surface area contributed by atoms with Crippen molar-refractivity contribution in [2.45, 2.75) is 13.8 Å². The second-order valence-corrected chi connectivity index (χ2v) is 3.79. The molecule has 16 heavy (non-hydrogen) atoms. The number of rotatable bonds is 1. The van der Waals surface area contributed by atoms with Crippen LogP contribution in [0.3, 0.4) is 0 Å². The summed E-state index contributed by atoms with van der Waals surface area (Å²) in [5, 5.41) is 0. The lowest BCUT2D eigenvalue weighted by molar-refractivity contribution is 0.0972. The third kappa shape index (κ3) is 1.28. The van der Waals surface area contributed by atoms with Crippen LogP contribution in [0.5, 0.6) is 5.75 Å². The van der Waals surface area contributed by atoms with Gasteiger partial charge in [-0.1, -0.05) is 12.1 Å². The van der Waals surface area contributed by atoms with Gasteiger partial charge >= 0.3 is 0 Å². The number of carbonyl (C=O) groups is 2. The van der Waals surface area contributed by atoms with Crippen molar-refractivity contribution in [1.82, 2.24) is 0 Å². The smallest absolute Gasteiger partial charge is 0.193 e. The normalized spacial score (nSPS) is 15.2. The Balaban J connectivity index is 2.76. The molecule has 0 fully saturated rings. The van der Waals surface area contributed by atoms with Crippen molar-refractivity contribution in [1.29, 1.82) is 0 Å². The van der Waals surface area contributed by atoms with Gasteiger partial charge in [-0.15, -0.1) is 0 Å². The maximum atomic E-state index is 12.1. The van der Waals surface area contributed by atoms with Crippen LogP contribution in [0.1, 0.15) is 34.6 Å². The first-order chi connectivity index (χ1) is 7.57. The number of ether oxygens (including phenoxy) is 1. The lowest BCUT2D eigenvalue weighted by Crippen LogP contribution is -2.20. The summed E-state index contributed by atoms with van der Waals surface area (Å²) in [4.78, 5) is 24.0. The van der Waals surface area contributed by atoms with E-state index < -0.39 is 0 Å². The summed E-state index contributed by atoms with van der Waals surface area (Å²) in [6.07, 6.45) is 0. The van der Waals surface area contributed by atoms with Crippen LogP contribution in [0.4, 0.5) is 0 Å². The number of hydrogen-bond donors (Lipinski definition) is 0. The van der Waals surface area contributed by atoms with Gasteiger partial charge in [0.05, 0.1) is 12.7 Å². The van der Waals surface area contributed by atoms with Crippen molar-refractivity contribution in [3.63, 3.8) is 0 Å². The Bertz CT molecular complexity index is 524. The number of ketones is 2. The average Bonchev–Trinajstić information content (AvgIpc) is 2.32. The summed E-state index contributed by atoms with van der Waals surface area (Å²) >= 11 is 0. The highest BCUT2D eigenvalue weighted by atomic mass is 16.5. The second kappa shape index (κ2) is 3.59. The van der Waals surface area contributed by atoms with E-state index in [4.69, 9.17) is 4.74 Å². The van der Waals surface area contributed by atoms with Gasteiger partial charge in [0.1, 0.15) is 5.75 Å². The van der Waals surface area contributed by atoms with Gasteiger partial charge in [-0.2, -0.15) is 0 Å². The summed E-state index contributed by atoms with van der Waals surface area (Å²) < 4.78 is 5.12. The van der Waals surface area contributed by atoms with Crippen LogP contribution in [0.15, 0.2) is 29.3 Å². The number of benzene rings is 1. The van der Waals surface area contributed by atoms with Gasteiger partial charge in [-0.05, 0) is 19.9 Å². The maximum absolute atomic E-state index is 12.1. The molecule has 2 rings (SSSR count). The van der Waals surface area contributed by atoms with Crippen LogP contribution in [0.25, 0.3) is 0 Å². The summed E-state index contributed by atoms with van der Waals surface area (Å²) in [5.41, 5.74) is 1.85. The third-order valence-electron chi connectivity index (χ3n) is 2.96. The zero-order chi connectivity index (χ0) is 11.9. The predicted molar refractivity (Wildman–Crippen MR) is 60.0 cm³/mol. The van der Waals surface area contributed by atoms with Crippen LogP contribution in [-0.4, -0.2) is 18.7 Å². The van der Waals surface area contributed by atoms with Gasteiger partial charge in [0, 0.05) is 16.7 Å². The van der Waals surface area contributed by atoms with Gasteiger partial charge in [0.25, 0.3) is 0 Å². The monoisotopic (exact) mass is 216 g/mol. The van der Waals surface area contributed by atoms with Crippen LogP contribution in [0.2, 0.25) is 0 Å². The van der Waals surface area contributed by atoms with Crippen LogP contribution in [0, 0.1) is 0 Å². The Morgan fingerprint density at radius 2 is 1.62 bits per heavy atom. The van der Waals surface area contributed by atoms with Crippen molar-refractivity contribution in [2.24, 2.45) is 0 Å². The Labute approximate surface area is 93.7 Å². The molecule has 3 heteroatoms. The van der Waals surface area contributed by atoms with E-state index in [1.807, 2.05) is 0 Å². The maximum Gasteiger partial charge on any atom is 0.193 e. The molecule has 0 bridgehead atoms. The fraction of sp³-hybridized carbons (Fsp3) is 0.231. The third-order valence-corrected chi connectivity index (χ3v) is 2.96. The highest BCUT2D eigenvalue weighted by molar-refractivity contribution is 6.27. The first-order valence-corrected chi connectivity index (χ1v) is 5.01. The fourth-order valence-electron chi connectivity index (χ4n) is 1.85. The van der Waals surface area contributed by atoms with Gasteiger partial charge in [0.15, 0.2) is 11.6 Å². The topological polar surface area (TPSA) is 43.4 Å². The zero-order valence-corrected chi connectivity index (χ0v) is 9.46. The summed E-state index contributed by atoms with van der Waals surface area (Å²) in [7, 11) is 1.49. The number of methoxy groups -OCH3 is 1. The van der Waals surface area contributed by atoms with Gasteiger partial charge in [-0.3, -0.25) is 9.59 Å². The molecule has 0 saturated heterocycles. The second-order valence-electron chi connectivity index (χ2n) is 3.79. The quantitative estimate of drug-likeness (QED) is 0.724. The van der Waals surface area contributed by atoms with Gasteiger partial charge in [0.2, 0.25) is 0 Å². The van der Waals surface area contributed by atoms with E-state index in [-0.39, 0.29) is 11.6 Å². The molecule has 0 aromatic heterocycles. The minimum absolute atomic E-state index is 0.0917. The largest absolute Gasteiger partial charge is 0.496 e. The molecule has 0 saturated carbocycles. The molecule has 1 aromatic rings. The number of Topliss-reactive ketones (excluding diaryl/α,β-unsaturated/α-hetero) is 2. The standard InChI is InChI=1S/C13H12O3/c1-7-8(2)13(15)11-9(12(7)14)5-4-6-10(11)16-3/h4-6H,1-3H3. The van der Waals surface area contributed by atoms with Crippen LogP contribution < -0.4 is 4.74 Å². The molecule has 0 amide bonds. The molecule has 3 nitrogen and oxygen atoms in total. The summed E-state index contributed by atoms with van der Waals surface area (Å²) in [6, 6.07) is 5.07. The lowest BCUT2D eigenvalue weighted by atomic mass is 9.85. The molecule has 0 atom stereocenters. The Morgan fingerprint density at radius 1 is 1.00 bits per heavy atom. The van der Waals surface area contributed by atoms with Crippen molar-refractivity contribution < 1.29 is 14.3 Å². The van der Waals surface area contributed by atoms with Crippen molar-refractivity contribution >= 4 is 11.6 Å². The number of hydrogen-bond acceptors (Lipinski definition) is 3. The minimum atomic E-state index is -0.121. The van der Waals surface area contributed by atoms with E-state index in [2.05, 4.69) is 0 Å². The molecule has 0 spiro atoms. The predicted octanol–water partition coefficient (Wildman–Crippen LogP) is 2.41. The van der Waals surface area contributed by atoms with E-state index in [0.29, 0.717) is 28.0 Å². The summed E-state index contributed by atoms with van der Waals surface area (Å²) in [5.74, 6) is 0.248. The van der Waals surface area contributed by atoms with E-state index in [9.17, 15) is 9.59 Å². The van der Waals surface area contributed by atoms with Crippen LogP contribution >= 0.6 is 0 Å². The Kier molecular flexibility index (Phi) is 2.38. The molecule has 1 aromatic carbocycles. The zero-order valence-electron chi connectivity index (χ0n) is 9.46. The van der Waals surface area contributed by atoms with Crippen LogP contribution in [-0.2, 0) is 0 Å². The molecule has 0 aliphatic heterocycles. The molecule has 1 aliphatic rings. The highest BCUT2D eigenvalue weighted by Gasteiger charge is 2.29. The SMILES string of the molecule is COc1cccc2c1C(=O)C(C)=C(C)C2=O. The minimum Gasteiger partial charge on any atom is -0.496 e. The highest BCUT2D eigenvalue weighted by Crippen LogP contribution is 2.31. The fourth-order valence-corrected chi connectivity index (χ4v) is 1.85. The number of fused-ring (bicyclic) bond motifs is 1. The molecule has 82 valence electrons. The number of carbonyl (C=O) groups excluding carboxylic acids is 2. The number of allylic oxidation sites excluding steroid dienone is 2. The van der Waals surface area contributed by atoms with E-state index in [1.165, 1.54) is 7.11 Å². The summed E-state index contributed by atoms with van der Waals surface area (Å²) in [6.45, 7) is 3.35. The first kappa shape index (κ1) is 10.6. The molecule has 0 N–H and O–H groups in total. The van der Waals surface area contributed by atoms with E-state index >= 15 is 0 Å². The first-order valence-electron chi connectivity index (χ1n) is 5.01. The van der Waals surface area contributed by atoms with Gasteiger partial charge < -0.3 is 4.74 Å². The molecule has 1 aliphatic carbocycles. The molecule has 0 unspecified atom stereocenters. The molecule has 0 radical (unpaired) electrons. The Morgan fingerprint density at radius 3 is 2.25 bits per heavy atom. The Hall–Kier alpha value is -1.90.